The summed E-state index contributed by atoms with van der Waals surface area (Å²) in [5.74, 6) is 5.99. The van der Waals surface area contributed by atoms with Gasteiger partial charge in [-0.15, -0.1) is 5.10 Å². The van der Waals surface area contributed by atoms with Gasteiger partial charge in [-0.2, -0.15) is 0 Å². The van der Waals surface area contributed by atoms with Crippen LogP contribution >= 0.6 is 0 Å². The van der Waals surface area contributed by atoms with Gasteiger partial charge in [0.2, 0.25) is 5.89 Å². The number of nitrogens with zero attached hydrogens (tertiary/aromatic N) is 5. The van der Waals surface area contributed by atoms with Crippen molar-refractivity contribution in [1.82, 2.24) is 25.3 Å². The normalized spacial score (nSPS) is 16.5. The molecule has 176 valence electrons. The summed E-state index contributed by atoms with van der Waals surface area (Å²) in [7, 11) is 0. The number of hydrazine groups is 1. The Hall–Kier alpha value is -4.02. The number of hydrogen-bond donors (Lipinski definition) is 3. The summed E-state index contributed by atoms with van der Waals surface area (Å²) < 4.78 is 5.65. The van der Waals surface area contributed by atoms with Crippen LogP contribution in [0.5, 0.6) is 0 Å². The van der Waals surface area contributed by atoms with Crippen LogP contribution in [-0.4, -0.2) is 57.7 Å². The van der Waals surface area contributed by atoms with E-state index in [4.69, 9.17) is 16.0 Å². The van der Waals surface area contributed by atoms with E-state index in [1.807, 2.05) is 43.3 Å². The van der Waals surface area contributed by atoms with E-state index in [-0.39, 0.29) is 11.9 Å². The van der Waals surface area contributed by atoms with Crippen LogP contribution in [0.15, 0.2) is 58.2 Å². The fourth-order valence-electron chi connectivity index (χ4n) is 4.08. The molecule has 0 radical (unpaired) electrons. The Morgan fingerprint density at radius 3 is 2.62 bits per heavy atom. The third-order valence-electron chi connectivity index (χ3n) is 5.78. The van der Waals surface area contributed by atoms with Gasteiger partial charge in [-0.05, 0) is 24.6 Å². The van der Waals surface area contributed by atoms with E-state index >= 15 is 0 Å². The Balaban J connectivity index is 1.49. The molecule has 1 aliphatic heterocycles. The summed E-state index contributed by atoms with van der Waals surface area (Å²) in [6, 6.07) is 13.1. The summed E-state index contributed by atoms with van der Waals surface area (Å²) in [6.07, 6.45) is 3.41. The third-order valence-corrected chi connectivity index (χ3v) is 5.78. The van der Waals surface area contributed by atoms with Gasteiger partial charge in [-0.1, -0.05) is 43.0 Å². The molecule has 3 heterocycles. The monoisotopic (exact) mass is 460 g/mol. The lowest BCUT2D eigenvalue weighted by molar-refractivity contribution is 0.0606. The average molecular weight is 461 g/mol. The Morgan fingerprint density at radius 1 is 1.24 bits per heavy atom. The number of oxazole rings is 1. The van der Waals surface area contributed by atoms with Crippen molar-refractivity contribution in [3.05, 3.63) is 70.7 Å². The van der Waals surface area contributed by atoms with Gasteiger partial charge in [0.25, 0.3) is 5.91 Å². The highest BCUT2D eigenvalue weighted by Gasteiger charge is 2.30. The molecule has 0 bridgehead atoms. The smallest absolute Gasteiger partial charge is 0.272 e. The highest BCUT2D eigenvalue weighted by atomic mass is 16.3. The van der Waals surface area contributed by atoms with Gasteiger partial charge in [0.15, 0.2) is 0 Å². The number of rotatable bonds is 6. The molecule has 1 aromatic carbocycles. The minimum atomic E-state index is -0.248. The highest BCUT2D eigenvalue weighted by Crippen LogP contribution is 2.23. The lowest BCUT2D eigenvalue weighted by Gasteiger charge is -2.39. The number of hydrogen-bond acceptors (Lipinski definition) is 8. The molecular weight excluding hydrogens is 432 g/mol. The van der Waals surface area contributed by atoms with E-state index in [0.717, 1.165) is 5.56 Å². The van der Waals surface area contributed by atoms with E-state index in [1.54, 1.807) is 23.2 Å². The third kappa shape index (κ3) is 4.82. The topological polar surface area (TPSA) is 139 Å². The van der Waals surface area contributed by atoms with Gasteiger partial charge in [-0.3, -0.25) is 14.7 Å². The van der Waals surface area contributed by atoms with Gasteiger partial charge < -0.3 is 15.1 Å². The summed E-state index contributed by atoms with van der Waals surface area (Å²) in [6.45, 7) is 8.00. The number of amidine groups is 1. The first-order valence-electron chi connectivity index (χ1n) is 11.0. The first-order valence-corrected chi connectivity index (χ1v) is 11.0. The van der Waals surface area contributed by atoms with Crippen LogP contribution < -0.4 is 27.9 Å². The number of hydrazone groups is 1. The molecule has 10 nitrogen and oxygen atoms in total. The van der Waals surface area contributed by atoms with Crippen molar-refractivity contribution in [3.8, 4) is 11.5 Å². The van der Waals surface area contributed by atoms with Crippen LogP contribution in [0.1, 0.15) is 29.0 Å². The fraction of sp³-hybridized carbons (Fsp3) is 0.250. The number of amides is 1. The largest absolute Gasteiger partial charge is 0.437 e. The zero-order chi connectivity index (χ0) is 24.1. The maximum absolute atomic E-state index is 13.2. The summed E-state index contributed by atoms with van der Waals surface area (Å²) in [4.78, 5) is 25.9. The Bertz CT molecular complexity index is 1280. The number of nitrogens with two attached hydrogens (primary N) is 2. The van der Waals surface area contributed by atoms with Crippen LogP contribution in [0.4, 0.5) is 0 Å². The number of benzene rings is 1. The van der Waals surface area contributed by atoms with Gasteiger partial charge in [0.05, 0.1) is 6.04 Å². The number of carbonyl (C=O) groups is 1. The molecule has 0 spiro atoms. The second-order valence-electron chi connectivity index (χ2n) is 7.85. The molecule has 5 N–H and O–H groups in total. The van der Waals surface area contributed by atoms with Gasteiger partial charge in [0, 0.05) is 37.9 Å². The number of carbonyl (C=O) groups excluding carboxylic acids is 1. The van der Waals surface area contributed by atoms with Crippen molar-refractivity contribution in [2.45, 2.75) is 13.0 Å². The molecule has 0 aliphatic carbocycles. The van der Waals surface area contributed by atoms with Crippen LogP contribution in [0.3, 0.4) is 0 Å². The molecule has 1 atom stereocenters. The maximum atomic E-state index is 13.2. The highest BCUT2D eigenvalue weighted by molar-refractivity contribution is 5.93. The fourth-order valence-corrected chi connectivity index (χ4v) is 4.08. The molecular formula is C24H28N8O2. The van der Waals surface area contributed by atoms with Crippen molar-refractivity contribution in [1.29, 1.82) is 0 Å². The van der Waals surface area contributed by atoms with E-state index in [9.17, 15) is 4.79 Å². The number of nitrogens with one attached hydrogen (secondary N) is 1. The summed E-state index contributed by atoms with van der Waals surface area (Å²) >= 11 is 0. The van der Waals surface area contributed by atoms with Gasteiger partial charge in [0.1, 0.15) is 22.3 Å². The molecule has 1 saturated heterocycles. The van der Waals surface area contributed by atoms with E-state index < -0.39 is 0 Å². The lowest BCUT2D eigenvalue weighted by Crippen LogP contribution is -2.52. The second-order valence-corrected chi connectivity index (χ2v) is 7.85. The Labute approximate surface area is 197 Å². The molecule has 34 heavy (non-hydrogen) atoms. The molecule has 1 aliphatic rings. The Kier molecular flexibility index (Phi) is 7.00. The quantitative estimate of drug-likeness (QED) is 0.205. The van der Waals surface area contributed by atoms with E-state index in [2.05, 4.69) is 32.1 Å². The predicted octanol–water partition coefficient (Wildman–Crippen LogP) is 0.182. The van der Waals surface area contributed by atoms with Gasteiger partial charge >= 0.3 is 0 Å². The zero-order valence-corrected chi connectivity index (χ0v) is 19.0. The first-order chi connectivity index (χ1) is 16.5. The maximum Gasteiger partial charge on any atom is 0.272 e. The first kappa shape index (κ1) is 23.1. The van der Waals surface area contributed by atoms with Crippen LogP contribution in [0.2, 0.25) is 0 Å². The molecule has 0 saturated carbocycles. The van der Waals surface area contributed by atoms with Gasteiger partial charge in [-0.25, -0.2) is 16.4 Å². The SMILES string of the molecule is C=c1oc(-c2ccnc(C(=O)N3CCN(C(/C(N)=N/NN)c4ccccc4)CC3)c2)n/c1=C/C. The zero-order valence-electron chi connectivity index (χ0n) is 19.0. The summed E-state index contributed by atoms with van der Waals surface area (Å²) in [5, 5.41) is 4.68. The minimum Gasteiger partial charge on any atom is -0.437 e. The average Bonchev–Trinajstić information content (AvgIpc) is 3.26. The minimum absolute atomic E-state index is 0.147. The molecule has 3 aromatic rings. The van der Waals surface area contributed by atoms with Crippen molar-refractivity contribution in [2.24, 2.45) is 16.7 Å². The van der Waals surface area contributed by atoms with Crippen molar-refractivity contribution < 1.29 is 9.21 Å². The summed E-state index contributed by atoms with van der Waals surface area (Å²) in [5.41, 5.74) is 11.0. The second kappa shape index (κ2) is 10.3. The molecule has 1 unspecified atom stereocenters. The van der Waals surface area contributed by atoms with Crippen molar-refractivity contribution in [2.75, 3.05) is 26.2 Å². The van der Waals surface area contributed by atoms with E-state index in [0.29, 0.717) is 59.9 Å². The van der Waals surface area contributed by atoms with Crippen LogP contribution in [0, 0.1) is 0 Å². The number of piperazine rings is 1. The molecule has 1 fully saturated rings. The van der Waals surface area contributed by atoms with Crippen LogP contribution in [-0.2, 0) is 0 Å². The molecule has 1 amide bonds. The van der Waals surface area contributed by atoms with Crippen molar-refractivity contribution in [3.63, 3.8) is 0 Å². The molecule has 4 rings (SSSR count). The molecule has 10 heteroatoms. The number of pyridine rings is 1. The number of aromatic nitrogens is 2. The standard InChI is InChI=1S/C24H28N8O2/c1-3-19-16(2)34-23(28-19)18-9-10-27-20(15-18)24(33)32-13-11-31(12-14-32)21(22(25)29-30-26)17-7-5-4-6-8-17/h3-10,15,21,30H,2,11-14,26H2,1H3,(H2,25,29)/b19-3+. The predicted molar refractivity (Wildman–Crippen MR) is 130 cm³/mol. The van der Waals surface area contributed by atoms with Crippen LogP contribution in [0.25, 0.3) is 24.1 Å². The lowest BCUT2D eigenvalue weighted by atomic mass is 10.0. The Morgan fingerprint density at radius 2 is 1.97 bits per heavy atom. The van der Waals surface area contributed by atoms with E-state index in [1.165, 1.54) is 0 Å². The molecule has 2 aromatic heterocycles. The van der Waals surface area contributed by atoms with Crippen molar-refractivity contribution >= 4 is 24.4 Å².